The number of carbonyl (C=O) groups is 1. The molecule has 3 aromatic rings. The molecule has 1 aliphatic heterocycles. The molecule has 1 fully saturated rings. The second-order valence-corrected chi connectivity index (χ2v) is 6.42. The summed E-state index contributed by atoms with van der Waals surface area (Å²) in [6.07, 6.45) is 3.63. The van der Waals surface area contributed by atoms with E-state index in [0.29, 0.717) is 12.2 Å². The molecule has 0 radical (unpaired) electrons. The van der Waals surface area contributed by atoms with Crippen LogP contribution in [0.3, 0.4) is 0 Å². The summed E-state index contributed by atoms with van der Waals surface area (Å²) in [7, 11) is 0. The number of fused-ring (bicyclic) bond motifs is 1. The maximum atomic E-state index is 12.7. The van der Waals surface area contributed by atoms with Gasteiger partial charge in [0.25, 0.3) is 5.91 Å². The van der Waals surface area contributed by atoms with Crippen molar-refractivity contribution in [2.45, 2.75) is 25.6 Å². The highest BCUT2D eigenvalue weighted by molar-refractivity contribution is 5.97. The summed E-state index contributed by atoms with van der Waals surface area (Å²) in [6.45, 7) is 2.11. The minimum Gasteiger partial charge on any atom is -0.373 e. The lowest BCUT2D eigenvalue weighted by Crippen LogP contribution is -2.40. The Morgan fingerprint density at radius 1 is 1.16 bits per heavy atom. The molecular weight excluding hydrogens is 314 g/mol. The van der Waals surface area contributed by atoms with Crippen molar-refractivity contribution in [2.24, 2.45) is 0 Å². The Balaban J connectivity index is 1.32. The normalized spacial score (nSPS) is 15.6. The molecule has 2 heterocycles. The number of ether oxygens (including phenoxy) is 1. The zero-order chi connectivity index (χ0) is 17.1. The van der Waals surface area contributed by atoms with Gasteiger partial charge in [0, 0.05) is 18.7 Å². The number of likely N-dealkylation sites (tertiary alicyclic amines) is 1. The summed E-state index contributed by atoms with van der Waals surface area (Å²) in [4.78, 5) is 21.9. The molecule has 0 unspecified atom stereocenters. The minimum absolute atomic E-state index is 0.0815. The van der Waals surface area contributed by atoms with Crippen LogP contribution in [-0.4, -0.2) is 40.0 Å². The first kappa shape index (κ1) is 15.8. The maximum Gasteiger partial charge on any atom is 0.253 e. The van der Waals surface area contributed by atoms with E-state index in [1.807, 2.05) is 41.3 Å². The van der Waals surface area contributed by atoms with Crippen LogP contribution in [0.5, 0.6) is 0 Å². The van der Waals surface area contributed by atoms with Gasteiger partial charge in [-0.2, -0.15) is 0 Å². The Morgan fingerprint density at radius 2 is 1.96 bits per heavy atom. The predicted octanol–water partition coefficient (Wildman–Crippen LogP) is 3.38. The average molecular weight is 335 g/mol. The van der Waals surface area contributed by atoms with Gasteiger partial charge in [-0.05, 0) is 36.6 Å². The summed E-state index contributed by atoms with van der Waals surface area (Å²) >= 11 is 0. The van der Waals surface area contributed by atoms with Gasteiger partial charge in [-0.3, -0.25) is 4.79 Å². The van der Waals surface area contributed by atoms with Crippen LogP contribution >= 0.6 is 0 Å². The largest absolute Gasteiger partial charge is 0.373 e. The summed E-state index contributed by atoms with van der Waals surface area (Å²) in [6, 6.07) is 15.8. The smallest absolute Gasteiger partial charge is 0.253 e. The zero-order valence-electron chi connectivity index (χ0n) is 14.0. The average Bonchev–Trinajstić information content (AvgIpc) is 3.15. The number of imidazole rings is 1. The van der Waals surface area contributed by atoms with E-state index in [1.54, 1.807) is 6.33 Å². The summed E-state index contributed by atoms with van der Waals surface area (Å²) in [5.74, 6) is 0.0815. The Hall–Kier alpha value is -2.66. The molecule has 128 valence electrons. The second kappa shape index (κ2) is 7.07. The van der Waals surface area contributed by atoms with Gasteiger partial charge in [0.05, 0.1) is 30.1 Å². The fraction of sp³-hybridized carbons (Fsp3) is 0.300. The molecule has 1 aromatic heterocycles. The topological polar surface area (TPSA) is 58.2 Å². The van der Waals surface area contributed by atoms with E-state index in [0.717, 1.165) is 37.0 Å². The third-order valence-corrected chi connectivity index (χ3v) is 4.72. The van der Waals surface area contributed by atoms with Gasteiger partial charge in [0.2, 0.25) is 0 Å². The summed E-state index contributed by atoms with van der Waals surface area (Å²) < 4.78 is 6.00. The molecule has 0 bridgehead atoms. The van der Waals surface area contributed by atoms with Crippen molar-refractivity contribution in [3.05, 3.63) is 66.0 Å². The van der Waals surface area contributed by atoms with Crippen molar-refractivity contribution in [1.29, 1.82) is 0 Å². The fourth-order valence-electron chi connectivity index (χ4n) is 3.27. The number of nitrogens with zero attached hydrogens (tertiary/aromatic N) is 2. The first-order chi connectivity index (χ1) is 12.3. The molecule has 1 N–H and O–H groups in total. The minimum atomic E-state index is 0.0815. The van der Waals surface area contributed by atoms with Gasteiger partial charge in [0.1, 0.15) is 0 Å². The molecule has 1 saturated heterocycles. The molecule has 2 aromatic carbocycles. The van der Waals surface area contributed by atoms with Crippen LogP contribution in [0, 0.1) is 0 Å². The van der Waals surface area contributed by atoms with Crippen LogP contribution < -0.4 is 0 Å². The van der Waals surface area contributed by atoms with Crippen molar-refractivity contribution in [2.75, 3.05) is 13.1 Å². The van der Waals surface area contributed by atoms with Crippen LogP contribution in [0.4, 0.5) is 0 Å². The lowest BCUT2D eigenvalue weighted by molar-refractivity contribution is -0.000376. The number of aromatic amines is 1. The van der Waals surface area contributed by atoms with Gasteiger partial charge < -0.3 is 14.6 Å². The van der Waals surface area contributed by atoms with Crippen molar-refractivity contribution < 1.29 is 9.53 Å². The Kier molecular flexibility index (Phi) is 4.48. The Labute approximate surface area is 146 Å². The third kappa shape index (κ3) is 3.56. The SMILES string of the molecule is O=C(c1ccc2nc[nH]c2c1)N1CCC(OCc2ccccc2)CC1. The lowest BCUT2D eigenvalue weighted by Gasteiger charge is -2.32. The number of benzene rings is 2. The molecule has 0 atom stereocenters. The first-order valence-corrected chi connectivity index (χ1v) is 8.67. The highest BCUT2D eigenvalue weighted by Crippen LogP contribution is 2.19. The third-order valence-electron chi connectivity index (χ3n) is 4.72. The molecule has 0 saturated carbocycles. The molecule has 25 heavy (non-hydrogen) atoms. The van der Waals surface area contributed by atoms with Crippen LogP contribution in [-0.2, 0) is 11.3 Å². The number of nitrogens with one attached hydrogen (secondary N) is 1. The Bertz CT molecular complexity index is 852. The fourth-order valence-corrected chi connectivity index (χ4v) is 3.27. The maximum absolute atomic E-state index is 12.7. The zero-order valence-corrected chi connectivity index (χ0v) is 14.0. The van der Waals surface area contributed by atoms with Crippen molar-refractivity contribution in [1.82, 2.24) is 14.9 Å². The van der Waals surface area contributed by atoms with E-state index in [2.05, 4.69) is 22.1 Å². The highest BCUT2D eigenvalue weighted by atomic mass is 16.5. The van der Waals surface area contributed by atoms with Gasteiger partial charge in [0.15, 0.2) is 0 Å². The molecule has 0 spiro atoms. The van der Waals surface area contributed by atoms with E-state index in [-0.39, 0.29) is 12.0 Å². The highest BCUT2D eigenvalue weighted by Gasteiger charge is 2.24. The summed E-state index contributed by atoms with van der Waals surface area (Å²) in [5.41, 5.74) is 3.67. The molecule has 1 aliphatic rings. The van der Waals surface area contributed by atoms with Gasteiger partial charge in [-0.15, -0.1) is 0 Å². The number of aromatic nitrogens is 2. The van der Waals surface area contributed by atoms with E-state index >= 15 is 0 Å². The van der Waals surface area contributed by atoms with Gasteiger partial charge in [-0.1, -0.05) is 30.3 Å². The van der Waals surface area contributed by atoms with Crippen molar-refractivity contribution in [3.63, 3.8) is 0 Å². The number of piperidine rings is 1. The molecule has 5 nitrogen and oxygen atoms in total. The van der Waals surface area contributed by atoms with Crippen molar-refractivity contribution in [3.8, 4) is 0 Å². The van der Waals surface area contributed by atoms with E-state index in [4.69, 9.17) is 4.74 Å². The number of hydrogen-bond donors (Lipinski definition) is 1. The molecule has 4 rings (SSSR count). The number of carbonyl (C=O) groups excluding carboxylic acids is 1. The number of amides is 1. The molecule has 0 aliphatic carbocycles. The van der Waals surface area contributed by atoms with Crippen LogP contribution in [0.1, 0.15) is 28.8 Å². The predicted molar refractivity (Wildman–Crippen MR) is 96.3 cm³/mol. The number of hydrogen-bond acceptors (Lipinski definition) is 3. The second-order valence-electron chi connectivity index (χ2n) is 6.42. The van der Waals surface area contributed by atoms with E-state index in [9.17, 15) is 4.79 Å². The monoisotopic (exact) mass is 335 g/mol. The van der Waals surface area contributed by atoms with E-state index in [1.165, 1.54) is 5.56 Å². The molecule has 1 amide bonds. The Morgan fingerprint density at radius 3 is 2.76 bits per heavy atom. The van der Waals surface area contributed by atoms with Crippen molar-refractivity contribution >= 4 is 16.9 Å². The lowest BCUT2D eigenvalue weighted by atomic mass is 10.1. The first-order valence-electron chi connectivity index (χ1n) is 8.67. The number of H-pyrrole nitrogens is 1. The van der Waals surface area contributed by atoms with E-state index < -0.39 is 0 Å². The van der Waals surface area contributed by atoms with Gasteiger partial charge in [-0.25, -0.2) is 4.98 Å². The molecule has 5 heteroatoms. The standard InChI is InChI=1S/C20H21N3O2/c24-20(16-6-7-18-19(12-16)22-14-21-18)23-10-8-17(9-11-23)25-13-15-4-2-1-3-5-15/h1-7,12,14,17H,8-11,13H2,(H,21,22). The van der Waals surface area contributed by atoms with Crippen LogP contribution in [0.25, 0.3) is 11.0 Å². The number of rotatable bonds is 4. The summed E-state index contributed by atoms with van der Waals surface area (Å²) in [5, 5.41) is 0. The van der Waals surface area contributed by atoms with Gasteiger partial charge >= 0.3 is 0 Å². The van der Waals surface area contributed by atoms with Crippen LogP contribution in [0.2, 0.25) is 0 Å². The molecular formula is C20H21N3O2. The quantitative estimate of drug-likeness (QED) is 0.795. The van der Waals surface area contributed by atoms with Crippen LogP contribution in [0.15, 0.2) is 54.9 Å².